The predicted octanol–water partition coefficient (Wildman–Crippen LogP) is -0.0243. The van der Waals surface area contributed by atoms with Crippen LogP contribution in [0.3, 0.4) is 0 Å². The lowest BCUT2D eigenvalue weighted by Crippen LogP contribution is -2.25. The summed E-state index contributed by atoms with van der Waals surface area (Å²) < 4.78 is 5.12. The Balaban J connectivity index is 2.11. The lowest BCUT2D eigenvalue weighted by atomic mass is 10.3. The second-order valence-corrected chi connectivity index (χ2v) is 3.96. The van der Waals surface area contributed by atoms with E-state index in [-0.39, 0.29) is 11.7 Å². The number of β-amino-alcohol motifs (C(OH)–C–C–N with tert-alkyl or cyclic N) is 1. The molecule has 2 N–H and O–H groups in total. The fourth-order valence-corrected chi connectivity index (χ4v) is 1.88. The first kappa shape index (κ1) is 11.8. The van der Waals surface area contributed by atoms with Gasteiger partial charge in [0.25, 0.3) is 0 Å². The molecule has 0 amide bonds. The number of carboxylic acids is 1. The van der Waals surface area contributed by atoms with Crippen LogP contribution >= 0.6 is 0 Å². The summed E-state index contributed by atoms with van der Waals surface area (Å²) in [6.07, 6.45) is 0.543. The molecular formula is C11H14N2O4. The molecule has 17 heavy (non-hydrogen) atoms. The van der Waals surface area contributed by atoms with Gasteiger partial charge in [-0.2, -0.15) is 0 Å². The molecule has 2 heterocycles. The zero-order valence-electron chi connectivity index (χ0n) is 9.41. The van der Waals surface area contributed by atoms with Crippen molar-refractivity contribution in [2.75, 3.05) is 25.1 Å². The summed E-state index contributed by atoms with van der Waals surface area (Å²) in [5.41, 5.74) is 0.150. The molecule has 92 valence electrons. The molecule has 0 aromatic carbocycles. The Kier molecular flexibility index (Phi) is 3.26. The van der Waals surface area contributed by atoms with Gasteiger partial charge < -0.3 is 19.8 Å². The summed E-state index contributed by atoms with van der Waals surface area (Å²) in [7, 11) is 1.55. The number of aliphatic hydroxyl groups is 1. The average Bonchev–Trinajstić information content (AvgIpc) is 2.70. The minimum absolute atomic E-state index is 0.150. The second-order valence-electron chi connectivity index (χ2n) is 3.96. The molecule has 1 aliphatic rings. The van der Waals surface area contributed by atoms with E-state index in [1.165, 1.54) is 12.3 Å². The molecule has 1 fully saturated rings. The summed E-state index contributed by atoms with van der Waals surface area (Å²) in [6, 6.07) is 3.13. The Morgan fingerprint density at radius 2 is 2.29 bits per heavy atom. The Labute approximate surface area is 98.5 Å². The van der Waals surface area contributed by atoms with Crippen LogP contribution in [0.2, 0.25) is 0 Å². The number of hydrogen-bond acceptors (Lipinski definition) is 5. The number of nitrogens with zero attached hydrogens (tertiary/aromatic N) is 2. The van der Waals surface area contributed by atoms with Gasteiger partial charge >= 0.3 is 5.97 Å². The average molecular weight is 238 g/mol. The third-order valence-electron chi connectivity index (χ3n) is 2.86. The van der Waals surface area contributed by atoms with Crippen molar-refractivity contribution in [3.63, 3.8) is 0 Å². The van der Waals surface area contributed by atoms with Crippen LogP contribution in [-0.4, -0.2) is 53.6 Å². The Bertz CT molecular complexity index is 406. The van der Waals surface area contributed by atoms with E-state index in [4.69, 9.17) is 9.84 Å². The van der Waals surface area contributed by atoms with Gasteiger partial charge in [0, 0.05) is 26.4 Å². The van der Waals surface area contributed by atoms with E-state index in [0.29, 0.717) is 18.9 Å². The van der Waals surface area contributed by atoms with Gasteiger partial charge in [-0.15, -0.1) is 0 Å². The number of carboxylic acid groups (broad SMARTS) is 1. The van der Waals surface area contributed by atoms with Crippen molar-refractivity contribution in [2.24, 2.45) is 0 Å². The summed E-state index contributed by atoms with van der Waals surface area (Å²) in [4.78, 5) is 16.6. The van der Waals surface area contributed by atoms with Gasteiger partial charge in [0.2, 0.25) is 0 Å². The lowest BCUT2D eigenvalue weighted by molar-refractivity contribution is 0.0217. The fourth-order valence-electron chi connectivity index (χ4n) is 1.88. The van der Waals surface area contributed by atoms with Gasteiger partial charge in [-0.25, -0.2) is 9.78 Å². The molecule has 1 aromatic rings. The molecule has 0 spiro atoms. The number of ether oxygens (including phenoxy) is 1. The molecule has 2 atom stereocenters. The van der Waals surface area contributed by atoms with E-state index in [9.17, 15) is 9.90 Å². The first-order valence-corrected chi connectivity index (χ1v) is 5.27. The van der Waals surface area contributed by atoms with Crippen LogP contribution in [0.25, 0.3) is 0 Å². The third-order valence-corrected chi connectivity index (χ3v) is 2.86. The van der Waals surface area contributed by atoms with E-state index in [1.807, 2.05) is 4.90 Å². The number of aliphatic hydroxyl groups excluding tert-OH is 1. The molecule has 0 radical (unpaired) electrons. The number of rotatable bonds is 3. The number of carbonyl (C=O) groups is 1. The van der Waals surface area contributed by atoms with E-state index >= 15 is 0 Å². The van der Waals surface area contributed by atoms with Crippen LogP contribution in [-0.2, 0) is 4.74 Å². The highest BCUT2D eigenvalue weighted by Gasteiger charge is 2.31. The highest BCUT2D eigenvalue weighted by molar-refractivity contribution is 5.87. The molecule has 0 aliphatic carbocycles. The van der Waals surface area contributed by atoms with Gasteiger partial charge in [-0.1, -0.05) is 0 Å². The molecule has 1 saturated heterocycles. The first-order valence-electron chi connectivity index (χ1n) is 5.27. The Morgan fingerprint density at radius 1 is 1.53 bits per heavy atom. The van der Waals surface area contributed by atoms with E-state index in [1.54, 1.807) is 13.2 Å². The zero-order valence-corrected chi connectivity index (χ0v) is 9.41. The van der Waals surface area contributed by atoms with Gasteiger partial charge in [-0.05, 0) is 12.1 Å². The van der Waals surface area contributed by atoms with Gasteiger partial charge in [0.05, 0.1) is 11.7 Å². The number of anilines is 1. The second kappa shape index (κ2) is 4.68. The monoisotopic (exact) mass is 238 g/mol. The molecule has 0 saturated carbocycles. The number of hydrogen-bond donors (Lipinski definition) is 2. The van der Waals surface area contributed by atoms with Crippen molar-refractivity contribution in [2.45, 2.75) is 12.2 Å². The van der Waals surface area contributed by atoms with Crippen LogP contribution in [0.4, 0.5) is 5.82 Å². The number of pyridine rings is 1. The fraction of sp³-hybridized carbons (Fsp3) is 0.455. The molecule has 6 heteroatoms. The van der Waals surface area contributed by atoms with E-state index < -0.39 is 12.1 Å². The maximum absolute atomic E-state index is 10.7. The van der Waals surface area contributed by atoms with Crippen LogP contribution in [0.15, 0.2) is 18.3 Å². The highest BCUT2D eigenvalue weighted by Crippen LogP contribution is 2.20. The number of aromatic nitrogens is 1. The molecule has 0 bridgehead atoms. The van der Waals surface area contributed by atoms with Gasteiger partial charge in [-0.3, -0.25) is 0 Å². The SMILES string of the molecule is CO[C@@H]1CN(c2ccc(C(=O)O)cn2)C[C@@H]1O. The lowest BCUT2D eigenvalue weighted by Gasteiger charge is -2.16. The van der Waals surface area contributed by atoms with Crippen LogP contribution in [0.5, 0.6) is 0 Å². The van der Waals surface area contributed by atoms with Crippen molar-refractivity contribution < 1.29 is 19.7 Å². The summed E-state index contributed by atoms with van der Waals surface area (Å²) >= 11 is 0. The van der Waals surface area contributed by atoms with E-state index in [2.05, 4.69) is 4.98 Å². The summed E-state index contributed by atoms with van der Waals surface area (Å²) in [6.45, 7) is 0.995. The van der Waals surface area contributed by atoms with Crippen molar-refractivity contribution >= 4 is 11.8 Å². The molecule has 1 aliphatic heterocycles. The standard InChI is InChI=1S/C11H14N2O4/c1-17-9-6-13(5-8(9)14)10-3-2-7(4-12-10)11(15)16/h2-4,8-9,14H,5-6H2,1H3,(H,15,16)/t8-,9+/m0/s1. The highest BCUT2D eigenvalue weighted by atomic mass is 16.5. The minimum atomic E-state index is -1.000. The molecule has 1 aromatic heterocycles. The van der Waals surface area contributed by atoms with Crippen LogP contribution < -0.4 is 4.90 Å². The van der Waals surface area contributed by atoms with Crippen molar-refractivity contribution in [3.05, 3.63) is 23.9 Å². The van der Waals surface area contributed by atoms with E-state index in [0.717, 1.165) is 0 Å². The predicted molar refractivity (Wildman–Crippen MR) is 60.2 cm³/mol. The van der Waals surface area contributed by atoms with Gasteiger partial charge in [0.1, 0.15) is 11.9 Å². The molecule has 2 rings (SSSR count). The quantitative estimate of drug-likeness (QED) is 0.769. The number of methoxy groups -OCH3 is 1. The minimum Gasteiger partial charge on any atom is -0.478 e. The van der Waals surface area contributed by atoms with Crippen molar-refractivity contribution in [3.8, 4) is 0 Å². The largest absolute Gasteiger partial charge is 0.478 e. The van der Waals surface area contributed by atoms with Crippen molar-refractivity contribution in [1.82, 2.24) is 4.98 Å². The Morgan fingerprint density at radius 3 is 2.76 bits per heavy atom. The molecule has 6 nitrogen and oxygen atoms in total. The Hall–Kier alpha value is -1.66. The van der Waals surface area contributed by atoms with Gasteiger partial charge in [0.15, 0.2) is 0 Å². The maximum Gasteiger partial charge on any atom is 0.337 e. The van der Waals surface area contributed by atoms with Crippen LogP contribution in [0.1, 0.15) is 10.4 Å². The zero-order chi connectivity index (χ0) is 12.4. The van der Waals surface area contributed by atoms with Crippen LogP contribution in [0, 0.1) is 0 Å². The smallest absolute Gasteiger partial charge is 0.337 e. The third kappa shape index (κ3) is 2.37. The van der Waals surface area contributed by atoms with Crippen molar-refractivity contribution in [1.29, 1.82) is 0 Å². The normalized spacial score (nSPS) is 24.0. The summed E-state index contributed by atoms with van der Waals surface area (Å²) in [5, 5.41) is 18.4. The molecular weight excluding hydrogens is 224 g/mol. The number of aromatic carboxylic acids is 1. The summed E-state index contributed by atoms with van der Waals surface area (Å²) in [5.74, 6) is -0.353. The first-order chi connectivity index (χ1) is 8.11. The maximum atomic E-state index is 10.7. The topological polar surface area (TPSA) is 82.9 Å². The molecule has 0 unspecified atom stereocenters.